The van der Waals surface area contributed by atoms with E-state index in [-0.39, 0.29) is 31.3 Å². The molecule has 2 heterocycles. The standard InChI is InChI=1S/C13H18N6O3S/c1-7-10(17-6-16-7)3-11(21)14-4-9(20)5-15-13(22)12-8(2)18-19-23-12/h6,9,20H,3-5H2,1-2H3,(H,14,21)(H,15,22)(H,16,17). The fourth-order valence-electron chi connectivity index (χ4n) is 1.81. The molecule has 2 aromatic heterocycles. The Hall–Kier alpha value is -2.33. The summed E-state index contributed by atoms with van der Waals surface area (Å²) in [5.41, 5.74) is 2.05. The number of imidazole rings is 1. The molecule has 1 unspecified atom stereocenters. The molecule has 9 nitrogen and oxygen atoms in total. The number of nitrogens with zero attached hydrogens (tertiary/aromatic N) is 3. The molecular weight excluding hydrogens is 320 g/mol. The van der Waals surface area contributed by atoms with E-state index in [1.165, 1.54) is 6.33 Å². The van der Waals surface area contributed by atoms with Crippen LogP contribution >= 0.6 is 11.5 Å². The summed E-state index contributed by atoms with van der Waals surface area (Å²) in [4.78, 5) is 30.9. The number of amides is 2. The number of rotatable bonds is 7. The summed E-state index contributed by atoms with van der Waals surface area (Å²) in [6, 6.07) is 0. The van der Waals surface area contributed by atoms with Crippen LogP contribution in [-0.4, -0.2) is 55.7 Å². The second-order valence-corrected chi connectivity index (χ2v) is 5.76. The van der Waals surface area contributed by atoms with E-state index in [2.05, 4.69) is 30.2 Å². The lowest BCUT2D eigenvalue weighted by Gasteiger charge is -2.12. The molecule has 2 aromatic rings. The smallest absolute Gasteiger partial charge is 0.265 e. The van der Waals surface area contributed by atoms with Gasteiger partial charge in [-0.25, -0.2) is 4.98 Å². The molecule has 0 fully saturated rings. The number of aromatic nitrogens is 4. The van der Waals surface area contributed by atoms with Crippen molar-refractivity contribution < 1.29 is 14.7 Å². The van der Waals surface area contributed by atoms with Gasteiger partial charge in [0, 0.05) is 18.8 Å². The van der Waals surface area contributed by atoms with Gasteiger partial charge in [0.25, 0.3) is 5.91 Å². The van der Waals surface area contributed by atoms with Gasteiger partial charge in [-0.2, -0.15) is 0 Å². The summed E-state index contributed by atoms with van der Waals surface area (Å²) in [5.74, 6) is -0.580. The second-order valence-electron chi connectivity index (χ2n) is 5.01. The molecule has 0 aromatic carbocycles. The topological polar surface area (TPSA) is 133 Å². The van der Waals surface area contributed by atoms with Crippen LogP contribution in [0.3, 0.4) is 0 Å². The number of hydrogen-bond donors (Lipinski definition) is 4. The zero-order valence-corrected chi connectivity index (χ0v) is 13.6. The maximum Gasteiger partial charge on any atom is 0.265 e. The molecule has 23 heavy (non-hydrogen) atoms. The van der Waals surface area contributed by atoms with Gasteiger partial charge in [-0.05, 0) is 25.4 Å². The third-order valence-electron chi connectivity index (χ3n) is 3.15. The van der Waals surface area contributed by atoms with Gasteiger partial charge in [0.15, 0.2) is 0 Å². The zero-order valence-electron chi connectivity index (χ0n) is 12.8. The first kappa shape index (κ1) is 17.0. The molecule has 0 saturated carbocycles. The molecule has 4 N–H and O–H groups in total. The molecule has 0 spiro atoms. The molecule has 124 valence electrons. The Bertz CT molecular complexity index is 683. The number of carbonyl (C=O) groups is 2. The summed E-state index contributed by atoms with van der Waals surface area (Å²) >= 11 is 0.997. The minimum atomic E-state index is -0.885. The number of nitrogens with one attached hydrogen (secondary N) is 3. The Kier molecular flexibility index (Phi) is 5.77. The van der Waals surface area contributed by atoms with Crippen LogP contribution in [0.2, 0.25) is 0 Å². The minimum Gasteiger partial charge on any atom is -0.389 e. The molecular formula is C13H18N6O3S. The van der Waals surface area contributed by atoms with Crippen LogP contribution in [0.1, 0.15) is 26.8 Å². The number of carbonyl (C=O) groups excluding carboxylic acids is 2. The van der Waals surface area contributed by atoms with Crippen molar-refractivity contribution in [3.8, 4) is 0 Å². The normalized spacial score (nSPS) is 12.0. The quantitative estimate of drug-likeness (QED) is 0.529. The predicted octanol–water partition coefficient (Wildman–Crippen LogP) is -0.672. The van der Waals surface area contributed by atoms with Crippen molar-refractivity contribution in [1.82, 2.24) is 30.2 Å². The van der Waals surface area contributed by atoms with E-state index in [1.54, 1.807) is 6.92 Å². The van der Waals surface area contributed by atoms with Crippen LogP contribution in [0.25, 0.3) is 0 Å². The highest BCUT2D eigenvalue weighted by atomic mass is 32.1. The SMILES string of the molecule is Cc1nnsc1C(=O)NCC(O)CNC(=O)Cc1nc[nH]c1C. The lowest BCUT2D eigenvalue weighted by Crippen LogP contribution is -2.40. The van der Waals surface area contributed by atoms with Crippen molar-refractivity contribution in [3.63, 3.8) is 0 Å². The average molecular weight is 338 g/mol. The van der Waals surface area contributed by atoms with Crippen molar-refractivity contribution in [2.45, 2.75) is 26.4 Å². The van der Waals surface area contributed by atoms with Crippen LogP contribution < -0.4 is 10.6 Å². The molecule has 1 atom stereocenters. The van der Waals surface area contributed by atoms with Gasteiger partial charge >= 0.3 is 0 Å². The van der Waals surface area contributed by atoms with Gasteiger partial charge < -0.3 is 20.7 Å². The van der Waals surface area contributed by atoms with Crippen molar-refractivity contribution >= 4 is 23.3 Å². The Morgan fingerprint density at radius 2 is 2.09 bits per heavy atom. The van der Waals surface area contributed by atoms with Crippen molar-refractivity contribution in [2.24, 2.45) is 0 Å². The van der Waals surface area contributed by atoms with E-state index in [9.17, 15) is 14.7 Å². The molecule has 2 amide bonds. The first-order valence-corrected chi connectivity index (χ1v) is 7.75. The summed E-state index contributed by atoms with van der Waals surface area (Å²) in [7, 11) is 0. The van der Waals surface area contributed by atoms with Crippen LogP contribution in [0.5, 0.6) is 0 Å². The molecule has 0 radical (unpaired) electrons. The van der Waals surface area contributed by atoms with Crippen molar-refractivity contribution in [2.75, 3.05) is 13.1 Å². The van der Waals surface area contributed by atoms with Crippen LogP contribution in [0.15, 0.2) is 6.33 Å². The maximum absolute atomic E-state index is 11.8. The zero-order chi connectivity index (χ0) is 16.8. The molecule has 0 saturated heterocycles. The number of hydrogen-bond acceptors (Lipinski definition) is 7. The molecule has 0 aliphatic carbocycles. The van der Waals surface area contributed by atoms with Gasteiger partial charge in [-0.3, -0.25) is 9.59 Å². The van der Waals surface area contributed by atoms with E-state index < -0.39 is 6.10 Å². The Morgan fingerprint density at radius 1 is 1.35 bits per heavy atom. The first-order chi connectivity index (χ1) is 11.0. The van der Waals surface area contributed by atoms with E-state index in [0.717, 1.165) is 17.2 Å². The third-order valence-corrected chi connectivity index (χ3v) is 3.98. The van der Waals surface area contributed by atoms with Gasteiger partial charge in [0.1, 0.15) is 4.88 Å². The average Bonchev–Trinajstić information content (AvgIpc) is 3.11. The second kappa shape index (κ2) is 7.79. The highest BCUT2D eigenvalue weighted by molar-refractivity contribution is 7.07. The van der Waals surface area contributed by atoms with Crippen LogP contribution in [0, 0.1) is 13.8 Å². The first-order valence-electron chi connectivity index (χ1n) is 6.98. The van der Waals surface area contributed by atoms with E-state index in [1.807, 2.05) is 6.92 Å². The molecule has 0 bridgehead atoms. The minimum absolute atomic E-state index is 0.0257. The fourth-order valence-corrected chi connectivity index (χ4v) is 2.39. The fraction of sp³-hybridized carbons (Fsp3) is 0.462. The van der Waals surface area contributed by atoms with Crippen LogP contribution in [0.4, 0.5) is 0 Å². The third kappa shape index (κ3) is 4.83. The summed E-state index contributed by atoms with van der Waals surface area (Å²) in [6.45, 7) is 3.59. The van der Waals surface area contributed by atoms with Crippen molar-refractivity contribution in [3.05, 3.63) is 28.3 Å². The molecule has 0 aliphatic heterocycles. The van der Waals surface area contributed by atoms with E-state index in [0.29, 0.717) is 16.3 Å². The van der Waals surface area contributed by atoms with Gasteiger partial charge in [0.05, 0.1) is 30.2 Å². The Labute approximate surface area is 136 Å². The highest BCUT2D eigenvalue weighted by Crippen LogP contribution is 2.08. The largest absolute Gasteiger partial charge is 0.389 e. The highest BCUT2D eigenvalue weighted by Gasteiger charge is 2.15. The number of aromatic amines is 1. The summed E-state index contributed by atoms with van der Waals surface area (Å²) in [6.07, 6.45) is 0.781. The van der Waals surface area contributed by atoms with Crippen LogP contribution in [-0.2, 0) is 11.2 Å². The van der Waals surface area contributed by atoms with E-state index >= 15 is 0 Å². The maximum atomic E-state index is 11.8. The monoisotopic (exact) mass is 338 g/mol. The lowest BCUT2D eigenvalue weighted by atomic mass is 10.2. The predicted molar refractivity (Wildman–Crippen MR) is 83.0 cm³/mol. The number of aliphatic hydroxyl groups excluding tert-OH is 1. The number of aryl methyl sites for hydroxylation is 2. The Balaban J connectivity index is 1.70. The Morgan fingerprint density at radius 3 is 2.70 bits per heavy atom. The molecule has 2 rings (SSSR count). The van der Waals surface area contributed by atoms with Gasteiger partial charge in [-0.15, -0.1) is 5.10 Å². The van der Waals surface area contributed by atoms with Crippen molar-refractivity contribution in [1.29, 1.82) is 0 Å². The van der Waals surface area contributed by atoms with Gasteiger partial charge in [-0.1, -0.05) is 4.49 Å². The van der Waals surface area contributed by atoms with Gasteiger partial charge in [0.2, 0.25) is 5.91 Å². The number of H-pyrrole nitrogens is 1. The lowest BCUT2D eigenvalue weighted by molar-refractivity contribution is -0.120. The number of aliphatic hydroxyl groups is 1. The molecule has 10 heteroatoms. The summed E-state index contributed by atoms with van der Waals surface area (Å²) in [5, 5.41) is 18.7. The van der Waals surface area contributed by atoms with E-state index in [4.69, 9.17) is 0 Å². The molecule has 0 aliphatic rings. The summed E-state index contributed by atoms with van der Waals surface area (Å²) < 4.78 is 3.67.